The van der Waals surface area contributed by atoms with E-state index in [2.05, 4.69) is 43.4 Å². The molecule has 0 aliphatic carbocycles. The maximum Gasteiger partial charge on any atom is 0.271 e. The van der Waals surface area contributed by atoms with Gasteiger partial charge in [-0.3, -0.25) is 0 Å². The van der Waals surface area contributed by atoms with Crippen LogP contribution in [0.1, 0.15) is 17.0 Å². The van der Waals surface area contributed by atoms with Crippen molar-refractivity contribution in [2.24, 2.45) is 0 Å². The van der Waals surface area contributed by atoms with E-state index in [0.29, 0.717) is 11.1 Å². The number of nitrogen functional groups attached to an aromatic ring is 1. The minimum Gasteiger partial charge on any atom is -0.334 e. The molecule has 22 heavy (non-hydrogen) atoms. The van der Waals surface area contributed by atoms with Crippen LogP contribution in [0.4, 0.5) is 0 Å². The van der Waals surface area contributed by atoms with Gasteiger partial charge >= 0.3 is 0 Å². The van der Waals surface area contributed by atoms with Crippen LogP contribution in [0.25, 0.3) is 5.95 Å². The molecular weight excluding hydrogens is 364 g/mol. The van der Waals surface area contributed by atoms with E-state index < -0.39 is 0 Å². The number of halogens is 1. The lowest BCUT2D eigenvalue weighted by atomic mass is 10.2. The van der Waals surface area contributed by atoms with E-state index in [1.54, 1.807) is 16.4 Å². The third-order valence-corrected chi connectivity index (χ3v) is 4.67. The van der Waals surface area contributed by atoms with E-state index in [4.69, 9.17) is 5.84 Å². The SMILES string of the molecule is Cc1cc(C)n(-c2nnc(SCc3ccc(Br)cc3)n2N)n1. The minimum absolute atomic E-state index is 0.518. The molecule has 0 radical (unpaired) electrons. The molecule has 3 rings (SSSR count). The van der Waals surface area contributed by atoms with E-state index in [1.807, 2.05) is 32.0 Å². The van der Waals surface area contributed by atoms with Crippen molar-refractivity contribution in [2.75, 3.05) is 5.84 Å². The summed E-state index contributed by atoms with van der Waals surface area (Å²) in [6.45, 7) is 3.90. The van der Waals surface area contributed by atoms with Gasteiger partial charge in [0.05, 0.1) is 5.69 Å². The molecule has 0 saturated carbocycles. The Morgan fingerprint density at radius 3 is 2.55 bits per heavy atom. The van der Waals surface area contributed by atoms with Crippen molar-refractivity contribution >= 4 is 27.7 Å². The number of nitrogens with zero attached hydrogens (tertiary/aromatic N) is 5. The van der Waals surface area contributed by atoms with E-state index in [-0.39, 0.29) is 0 Å². The van der Waals surface area contributed by atoms with Gasteiger partial charge in [-0.2, -0.15) is 5.10 Å². The first-order valence-corrected chi connectivity index (χ1v) is 8.44. The van der Waals surface area contributed by atoms with Gasteiger partial charge in [-0.05, 0) is 37.6 Å². The Bertz CT molecular complexity index is 792. The monoisotopic (exact) mass is 378 g/mol. The fourth-order valence-corrected chi connectivity index (χ4v) is 3.14. The second kappa shape index (κ2) is 6.13. The standard InChI is InChI=1S/C14H15BrN6S/c1-9-7-10(2)21(19-9)13-17-18-14(20(13)16)22-8-11-3-5-12(15)6-4-11/h3-7H,8,16H2,1-2H3. The highest BCUT2D eigenvalue weighted by atomic mass is 79.9. The van der Waals surface area contributed by atoms with Crippen LogP contribution in [-0.4, -0.2) is 24.7 Å². The number of thioether (sulfide) groups is 1. The van der Waals surface area contributed by atoms with Crippen LogP contribution in [0.2, 0.25) is 0 Å². The fourth-order valence-electron chi connectivity index (χ4n) is 2.07. The van der Waals surface area contributed by atoms with Gasteiger partial charge in [0.1, 0.15) is 0 Å². The van der Waals surface area contributed by atoms with Crippen molar-refractivity contribution in [3.05, 3.63) is 51.8 Å². The molecule has 1 aromatic carbocycles. The number of hydrogen-bond acceptors (Lipinski definition) is 5. The highest BCUT2D eigenvalue weighted by Gasteiger charge is 2.14. The molecule has 2 N–H and O–H groups in total. The topological polar surface area (TPSA) is 74.5 Å². The second-order valence-corrected chi connectivity index (χ2v) is 6.76. The molecule has 0 unspecified atom stereocenters. The Morgan fingerprint density at radius 1 is 1.18 bits per heavy atom. The average molecular weight is 379 g/mol. The van der Waals surface area contributed by atoms with Crippen molar-refractivity contribution in [1.29, 1.82) is 0 Å². The Balaban J connectivity index is 1.79. The largest absolute Gasteiger partial charge is 0.334 e. The van der Waals surface area contributed by atoms with Crippen LogP contribution < -0.4 is 5.84 Å². The summed E-state index contributed by atoms with van der Waals surface area (Å²) in [7, 11) is 0. The molecule has 2 heterocycles. The van der Waals surface area contributed by atoms with Crippen molar-refractivity contribution < 1.29 is 0 Å². The van der Waals surface area contributed by atoms with Crippen LogP contribution in [-0.2, 0) is 5.75 Å². The number of benzene rings is 1. The molecular formula is C14H15BrN6S. The van der Waals surface area contributed by atoms with Crippen LogP contribution in [0.5, 0.6) is 0 Å². The van der Waals surface area contributed by atoms with Crippen LogP contribution >= 0.6 is 27.7 Å². The summed E-state index contributed by atoms with van der Waals surface area (Å²) in [4.78, 5) is 0. The first-order chi connectivity index (χ1) is 10.5. The molecule has 0 bridgehead atoms. The zero-order valence-corrected chi connectivity index (χ0v) is 14.6. The maximum atomic E-state index is 6.10. The third kappa shape index (κ3) is 3.02. The molecule has 0 aliphatic heterocycles. The summed E-state index contributed by atoms with van der Waals surface area (Å²) in [5, 5.41) is 13.3. The molecule has 3 aromatic rings. The van der Waals surface area contributed by atoms with Crippen LogP contribution in [0, 0.1) is 13.8 Å². The summed E-state index contributed by atoms with van der Waals surface area (Å²) in [6, 6.07) is 10.1. The molecule has 2 aromatic heterocycles. The Morgan fingerprint density at radius 2 is 1.91 bits per heavy atom. The number of rotatable bonds is 4. The Kier molecular flexibility index (Phi) is 4.21. The van der Waals surface area contributed by atoms with E-state index in [9.17, 15) is 0 Å². The number of aromatic nitrogens is 5. The lowest BCUT2D eigenvalue weighted by molar-refractivity contribution is 0.727. The lowest BCUT2D eigenvalue weighted by Crippen LogP contribution is -2.17. The van der Waals surface area contributed by atoms with Crippen molar-refractivity contribution in [3.63, 3.8) is 0 Å². The summed E-state index contributed by atoms with van der Waals surface area (Å²) < 4.78 is 4.24. The molecule has 0 aliphatic rings. The summed E-state index contributed by atoms with van der Waals surface area (Å²) >= 11 is 4.97. The highest BCUT2D eigenvalue weighted by molar-refractivity contribution is 9.10. The zero-order valence-electron chi connectivity index (χ0n) is 12.2. The molecule has 0 fully saturated rings. The predicted octanol–water partition coefficient (Wildman–Crippen LogP) is 2.85. The molecule has 114 valence electrons. The first kappa shape index (κ1) is 15.1. The number of hydrogen-bond donors (Lipinski definition) is 1. The van der Waals surface area contributed by atoms with Gasteiger partial charge in [-0.25, -0.2) is 9.36 Å². The zero-order chi connectivity index (χ0) is 15.7. The summed E-state index contributed by atoms with van der Waals surface area (Å²) in [6.07, 6.45) is 0. The molecule has 0 amide bonds. The van der Waals surface area contributed by atoms with Gasteiger partial charge in [-0.1, -0.05) is 39.8 Å². The number of nitrogens with two attached hydrogens (primary N) is 1. The van der Waals surface area contributed by atoms with E-state index in [1.165, 1.54) is 10.2 Å². The average Bonchev–Trinajstić information content (AvgIpc) is 3.01. The van der Waals surface area contributed by atoms with Gasteiger partial charge in [-0.15, -0.1) is 10.2 Å². The van der Waals surface area contributed by atoms with Gasteiger partial charge < -0.3 is 5.84 Å². The van der Waals surface area contributed by atoms with Crippen LogP contribution in [0.15, 0.2) is 40.0 Å². The smallest absolute Gasteiger partial charge is 0.271 e. The lowest BCUT2D eigenvalue weighted by Gasteiger charge is -2.05. The van der Waals surface area contributed by atoms with Crippen molar-refractivity contribution in [3.8, 4) is 5.95 Å². The van der Waals surface area contributed by atoms with Gasteiger partial charge in [0.2, 0.25) is 5.16 Å². The van der Waals surface area contributed by atoms with Gasteiger partial charge in [0.15, 0.2) is 0 Å². The Labute approximate surface area is 140 Å². The van der Waals surface area contributed by atoms with Gasteiger partial charge in [0, 0.05) is 15.9 Å². The van der Waals surface area contributed by atoms with E-state index >= 15 is 0 Å². The molecule has 0 saturated heterocycles. The highest BCUT2D eigenvalue weighted by Crippen LogP contribution is 2.22. The quantitative estimate of drug-likeness (QED) is 0.557. The normalized spacial score (nSPS) is 11.0. The molecule has 8 heteroatoms. The van der Waals surface area contributed by atoms with Crippen LogP contribution in [0.3, 0.4) is 0 Å². The molecule has 6 nitrogen and oxygen atoms in total. The van der Waals surface area contributed by atoms with Crippen molar-refractivity contribution in [2.45, 2.75) is 24.8 Å². The minimum atomic E-state index is 0.518. The van der Waals surface area contributed by atoms with Crippen molar-refractivity contribution in [1.82, 2.24) is 24.7 Å². The van der Waals surface area contributed by atoms with E-state index in [0.717, 1.165) is 21.6 Å². The fraction of sp³-hybridized carbons (Fsp3) is 0.214. The predicted molar refractivity (Wildman–Crippen MR) is 90.5 cm³/mol. The van der Waals surface area contributed by atoms with Gasteiger partial charge in [0.25, 0.3) is 5.95 Å². The second-order valence-electron chi connectivity index (χ2n) is 4.91. The first-order valence-electron chi connectivity index (χ1n) is 6.66. The molecule has 0 atom stereocenters. The Hall–Kier alpha value is -1.80. The molecule has 0 spiro atoms. The maximum absolute atomic E-state index is 6.10. The summed E-state index contributed by atoms with van der Waals surface area (Å²) in [5.74, 6) is 7.40. The number of aryl methyl sites for hydroxylation is 2. The third-order valence-electron chi connectivity index (χ3n) is 3.13. The summed E-state index contributed by atoms with van der Waals surface area (Å²) in [5.41, 5.74) is 3.09.